The van der Waals surface area contributed by atoms with Crippen molar-refractivity contribution in [2.45, 2.75) is 76.3 Å². The van der Waals surface area contributed by atoms with Crippen LogP contribution in [0.3, 0.4) is 0 Å². The first-order valence-electron chi connectivity index (χ1n) is 22.1. The smallest absolute Gasteiger partial charge is 0.270 e. The van der Waals surface area contributed by atoms with Crippen molar-refractivity contribution in [2.75, 3.05) is 17.7 Å². The summed E-state index contributed by atoms with van der Waals surface area (Å²) in [6, 6.07) is 12.5. The zero-order valence-corrected chi connectivity index (χ0v) is 37.5. The standard InChI is InChI=1S/C24H30N6O3.C23H28N6O3/c1-29-15-25-14-20(29)18-10-9-17(13-21(18)33-3)27-24(32)22(16-7-5-4-6-8-16)28-23(31)19-11-12-26-30(19)2;1-28-14-24-13-19(28)17-9-8-16(12-20(17)30)26-23(32)21(15-6-4-3-5-7-15)27-22(31)18-10-11-25-29(18)2/h9-16,22H,4-8H2,1-3H3,(H,27,32)(H,28,31);8-15,21,30H,3-7H2,1-2H3,(H,26,32)(H,27,31)/t22-;21-/m00/s1. The highest BCUT2D eigenvalue weighted by Gasteiger charge is 2.33. The minimum absolute atomic E-state index is 0.0412. The maximum Gasteiger partial charge on any atom is 0.270 e. The van der Waals surface area contributed by atoms with Crippen LogP contribution < -0.4 is 26.0 Å². The van der Waals surface area contributed by atoms with E-state index in [0.29, 0.717) is 34.1 Å². The van der Waals surface area contributed by atoms with Crippen molar-refractivity contribution in [3.63, 3.8) is 0 Å². The molecule has 5 N–H and O–H groups in total. The van der Waals surface area contributed by atoms with E-state index < -0.39 is 12.1 Å². The van der Waals surface area contributed by atoms with Gasteiger partial charge in [-0.15, -0.1) is 0 Å². The molecule has 6 aromatic rings. The average molecular weight is 887 g/mol. The highest BCUT2D eigenvalue weighted by molar-refractivity contribution is 6.02. The maximum absolute atomic E-state index is 13.4. The molecule has 8 rings (SSSR count). The van der Waals surface area contributed by atoms with Crippen LogP contribution in [0.1, 0.15) is 85.2 Å². The fourth-order valence-corrected chi connectivity index (χ4v) is 8.83. The summed E-state index contributed by atoms with van der Waals surface area (Å²) in [5.41, 5.74) is 5.08. The van der Waals surface area contributed by atoms with Crippen LogP contribution in [-0.4, -0.2) is 86.6 Å². The van der Waals surface area contributed by atoms with Crippen LogP contribution in [0.25, 0.3) is 22.5 Å². The summed E-state index contributed by atoms with van der Waals surface area (Å²) < 4.78 is 12.3. The number of aromatic nitrogens is 8. The number of aromatic hydroxyl groups is 1. The number of phenols is 1. The Morgan fingerprint density at radius 3 is 1.48 bits per heavy atom. The van der Waals surface area contributed by atoms with Crippen LogP contribution >= 0.6 is 0 Å². The summed E-state index contributed by atoms with van der Waals surface area (Å²) in [5, 5.41) is 30.4. The van der Waals surface area contributed by atoms with Crippen LogP contribution in [-0.2, 0) is 37.8 Å². The zero-order valence-electron chi connectivity index (χ0n) is 37.5. The quantitative estimate of drug-likeness (QED) is 0.0913. The Hall–Kier alpha value is -7.24. The van der Waals surface area contributed by atoms with E-state index in [1.165, 1.54) is 15.4 Å². The van der Waals surface area contributed by atoms with Gasteiger partial charge >= 0.3 is 0 Å². The van der Waals surface area contributed by atoms with Crippen LogP contribution in [0.5, 0.6) is 11.5 Å². The molecule has 0 radical (unpaired) electrons. The Labute approximate surface area is 377 Å². The molecule has 2 aliphatic carbocycles. The molecule has 2 aromatic carbocycles. The zero-order chi connectivity index (χ0) is 46.0. The number of rotatable bonds is 13. The van der Waals surface area contributed by atoms with Gasteiger partial charge in [-0.3, -0.25) is 28.5 Å². The van der Waals surface area contributed by atoms with Gasteiger partial charge in [0.2, 0.25) is 11.8 Å². The first-order chi connectivity index (χ1) is 31.4. The number of aryl methyl sites for hydroxylation is 4. The van der Waals surface area contributed by atoms with E-state index in [-0.39, 0.29) is 41.2 Å². The predicted molar refractivity (Wildman–Crippen MR) is 245 cm³/mol. The third kappa shape index (κ3) is 10.9. The highest BCUT2D eigenvalue weighted by Crippen LogP contribution is 2.34. The van der Waals surface area contributed by atoms with Crippen LogP contribution in [0.15, 0.2) is 86.0 Å². The van der Waals surface area contributed by atoms with Crippen molar-refractivity contribution in [3.05, 3.63) is 97.4 Å². The Morgan fingerprint density at radius 1 is 0.631 bits per heavy atom. The number of methoxy groups -OCH3 is 1. The van der Waals surface area contributed by atoms with Crippen molar-refractivity contribution in [1.29, 1.82) is 0 Å². The molecule has 2 saturated carbocycles. The molecular weight excluding hydrogens is 829 g/mol. The van der Waals surface area contributed by atoms with Gasteiger partial charge in [-0.25, -0.2) is 9.97 Å². The molecule has 0 saturated heterocycles. The normalized spacial score (nSPS) is 15.2. The number of carbonyl (C=O) groups is 4. The SMILES string of the molecule is COc1cc(NC(=O)[C@@H](NC(=O)c2ccnn2C)C2CCCCC2)ccc1-c1cncn1C.Cn1cncc1-c1ccc(NC(=O)[C@@H](NC(=O)c2ccnn2C)C2CCCCC2)cc1O. The Morgan fingerprint density at radius 2 is 1.08 bits per heavy atom. The van der Waals surface area contributed by atoms with Crippen molar-refractivity contribution < 1.29 is 29.0 Å². The van der Waals surface area contributed by atoms with Crippen molar-refractivity contribution >= 4 is 35.0 Å². The Bertz CT molecular complexity index is 2600. The van der Waals surface area contributed by atoms with Crippen molar-refractivity contribution in [3.8, 4) is 34.0 Å². The molecule has 4 heterocycles. The number of nitrogens with one attached hydrogen (secondary N) is 4. The number of amides is 4. The number of phenolic OH excluding ortho intramolecular Hbond substituents is 1. The van der Waals surface area contributed by atoms with Crippen molar-refractivity contribution in [2.24, 2.45) is 40.0 Å². The molecule has 4 amide bonds. The summed E-state index contributed by atoms with van der Waals surface area (Å²) in [6.45, 7) is 0. The van der Waals surface area contributed by atoms with E-state index in [9.17, 15) is 24.3 Å². The summed E-state index contributed by atoms with van der Waals surface area (Å²) in [6.07, 6.45) is 20.0. The molecule has 0 unspecified atom stereocenters. The number of anilines is 2. The molecule has 65 heavy (non-hydrogen) atoms. The number of benzene rings is 2. The van der Waals surface area contributed by atoms with E-state index >= 15 is 0 Å². The van der Waals surface area contributed by atoms with E-state index in [2.05, 4.69) is 41.4 Å². The van der Waals surface area contributed by atoms with E-state index in [1.807, 2.05) is 30.8 Å². The van der Waals surface area contributed by atoms with Crippen LogP contribution in [0.4, 0.5) is 11.4 Å². The minimum Gasteiger partial charge on any atom is -0.507 e. The lowest BCUT2D eigenvalue weighted by molar-refractivity contribution is -0.120. The van der Waals surface area contributed by atoms with Gasteiger partial charge < -0.3 is 40.2 Å². The van der Waals surface area contributed by atoms with Gasteiger partial charge in [0, 0.05) is 75.2 Å². The molecule has 342 valence electrons. The molecule has 0 spiro atoms. The van der Waals surface area contributed by atoms with E-state index in [0.717, 1.165) is 81.2 Å². The summed E-state index contributed by atoms with van der Waals surface area (Å²) in [7, 11) is 8.76. The summed E-state index contributed by atoms with van der Waals surface area (Å²) in [4.78, 5) is 60.5. The molecule has 2 aliphatic rings. The average Bonchev–Trinajstić information content (AvgIpc) is 4.14. The molecule has 0 aliphatic heterocycles. The van der Waals surface area contributed by atoms with Gasteiger partial charge in [-0.2, -0.15) is 10.2 Å². The highest BCUT2D eigenvalue weighted by atomic mass is 16.5. The fraction of sp³-hybridized carbons (Fsp3) is 0.404. The van der Waals surface area contributed by atoms with Gasteiger partial charge in [0.1, 0.15) is 35.0 Å². The Balaban J connectivity index is 0.000000194. The van der Waals surface area contributed by atoms with Gasteiger partial charge in [0.15, 0.2) is 0 Å². The molecular formula is C47H58N12O6. The van der Waals surface area contributed by atoms with Crippen molar-refractivity contribution in [1.82, 2.24) is 49.3 Å². The lowest BCUT2D eigenvalue weighted by Gasteiger charge is -2.30. The van der Waals surface area contributed by atoms with Gasteiger partial charge in [0.05, 0.1) is 43.5 Å². The largest absolute Gasteiger partial charge is 0.507 e. The molecule has 4 aromatic heterocycles. The maximum atomic E-state index is 13.4. The third-order valence-corrected chi connectivity index (χ3v) is 12.4. The second-order valence-corrected chi connectivity index (χ2v) is 16.8. The molecule has 0 bridgehead atoms. The first kappa shape index (κ1) is 45.8. The predicted octanol–water partition coefficient (Wildman–Crippen LogP) is 5.99. The summed E-state index contributed by atoms with van der Waals surface area (Å²) in [5.74, 6) is -0.332. The minimum atomic E-state index is -0.670. The first-order valence-corrected chi connectivity index (χ1v) is 22.1. The molecule has 2 fully saturated rings. The third-order valence-electron chi connectivity index (χ3n) is 12.4. The van der Waals surface area contributed by atoms with E-state index in [4.69, 9.17) is 4.74 Å². The molecule has 2 atom stereocenters. The fourth-order valence-electron chi connectivity index (χ4n) is 8.83. The number of imidazole rings is 2. The lowest BCUT2D eigenvalue weighted by atomic mass is 9.83. The van der Waals surface area contributed by atoms with E-state index in [1.54, 1.807) is 93.5 Å². The second-order valence-electron chi connectivity index (χ2n) is 16.8. The Kier molecular flexibility index (Phi) is 14.8. The second kappa shape index (κ2) is 21.0. The molecule has 18 heteroatoms. The number of carbonyl (C=O) groups excluding carboxylic acids is 4. The van der Waals surface area contributed by atoms with Gasteiger partial charge in [-0.05, 0) is 73.9 Å². The number of nitrogens with zero attached hydrogens (tertiary/aromatic N) is 8. The number of hydrogen-bond acceptors (Lipinski definition) is 10. The van der Waals surface area contributed by atoms with Gasteiger partial charge in [-0.1, -0.05) is 38.5 Å². The lowest BCUT2D eigenvalue weighted by Crippen LogP contribution is -2.49. The number of ether oxygens (including phenoxy) is 1. The summed E-state index contributed by atoms with van der Waals surface area (Å²) >= 11 is 0. The topological polar surface area (TPSA) is 217 Å². The van der Waals surface area contributed by atoms with Crippen LogP contribution in [0, 0.1) is 11.8 Å². The monoisotopic (exact) mass is 886 g/mol. The number of hydrogen-bond donors (Lipinski definition) is 5. The molecule has 18 nitrogen and oxygen atoms in total. The van der Waals surface area contributed by atoms with Gasteiger partial charge in [0.25, 0.3) is 11.8 Å². The van der Waals surface area contributed by atoms with Crippen LogP contribution in [0.2, 0.25) is 0 Å².